The Morgan fingerprint density at radius 2 is 2.17 bits per heavy atom. The lowest BCUT2D eigenvalue weighted by Crippen LogP contribution is -2.10. The number of hydrogen-bond acceptors (Lipinski definition) is 3. The lowest BCUT2D eigenvalue weighted by Gasteiger charge is -2.10. The molecule has 0 radical (unpaired) electrons. The number of pyridine rings is 1. The van der Waals surface area contributed by atoms with Gasteiger partial charge in [0.15, 0.2) is 0 Å². The third kappa shape index (κ3) is 2.86. The molecule has 1 aromatic heterocycles. The molecule has 92 valence electrons. The first-order valence-corrected chi connectivity index (χ1v) is 6.55. The van der Waals surface area contributed by atoms with Crippen LogP contribution in [0.1, 0.15) is 11.1 Å². The second-order valence-corrected chi connectivity index (χ2v) is 5.17. The van der Waals surface area contributed by atoms with Gasteiger partial charge >= 0.3 is 0 Å². The number of thiocarbonyl (C=S) groups is 1. The molecule has 1 heterocycles. The molecule has 0 spiro atoms. The zero-order valence-electron chi connectivity index (χ0n) is 9.77. The average Bonchev–Trinajstić information content (AvgIpc) is 2.32. The van der Waals surface area contributed by atoms with Crippen molar-refractivity contribution in [2.75, 3.05) is 5.32 Å². The normalized spacial score (nSPS) is 10.1. The van der Waals surface area contributed by atoms with E-state index in [4.69, 9.17) is 18.0 Å². The number of halogens is 1. The van der Waals surface area contributed by atoms with Gasteiger partial charge in [-0.2, -0.15) is 0 Å². The van der Waals surface area contributed by atoms with E-state index in [0.29, 0.717) is 4.99 Å². The van der Waals surface area contributed by atoms with Gasteiger partial charge in [0.25, 0.3) is 0 Å². The minimum absolute atomic E-state index is 0.381. The van der Waals surface area contributed by atoms with Crippen LogP contribution in [0.3, 0.4) is 0 Å². The molecule has 0 fully saturated rings. The molecule has 18 heavy (non-hydrogen) atoms. The Labute approximate surface area is 120 Å². The van der Waals surface area contributed by atoms with Gasteiger partial charge < -0.3 is 11.1 Å². The molecule has 3 nitrogen and oxygen atoms in total. The summed E-state index contributed by atoms with van der Waals surface area (Å²) in [6, 6.07) is 7.73. The van der Waals surface area contributed by atoms with Crippen LogP contribution in [-0.4, -0.2) is 9.97 Å². The maximum Gasteiger partial charge on any atom is 0.105 e. The van der Waals surface area contributed by atoms with Gasteiger partial charge in [-0.1, -0.05) is 12.2 Å². The number of hydrogen-bond donors (Lipinski definition) is 2. The third-order valence-corrected chi connectivity index (χ3v) is 3.43. The van der Waals surface area contributed by atoms with Crippen LogP contribution in [0, 0.1) is 6.92 Å². The number of anilines is 2. The van der Waals surface area contributed by atoms with Gasteiger partial charge in [-0.3, -0.25) is 4.98 Å². The van der Waals surface area contributed by atoms with E-state index < -0.39 is 0 Å². The van der Waals surface area contributed by atoms with Crippen LogP contribution in [0.5, 0.6) is 0 Å². The van der Waals surface area contributed by atoms with Gasteiger partial charge in [-0.15, -0.1) is 0 Å². The quantitative estimate of drug-likeness (QED) is 0.849. The lowest BCUT2D eigenvalue weighted by molar-refractivity contribution is 1.28. The van der Waals surface area contributed by atoms with Gasteiger partial charge in [0.1, 0.15) is 4.99 Å². The highest BCUT2D eigenvalue weighted by Crippen LogP contribution is 2.25. The highest BCUT2D eigenvalue weighted by molar-refractivity contribution is 9.10. The van der Waals surface area contributed by atoms with Crippen LogP contribution in [-0.2, 0) is 0 Å². The highest BCUT2D eigenvalue weighted by Gasteiger charge is 2.05. The zero-order chi connectivity index (χ0) is 13.1. The number of aryl methyl sites for hydroxylation is 1. The molecule has 0 saturated carbocycles. The van der Waals surface area contributed by atoms with E-state index in [-0.39, 0.29) is 0 Å². The molecule has 0 unspecified atom stereocenters. The van der Waals surface area contributed by atoms with Crippen LogP contribution < -0.4 is 11.1 Å². The standard InChI is InChI=1S/C13H12BrN3S/c1-8-4-5-16-7-12(8)17-9-2-3-10(13(15)18)11(14)6-9/h2-7,17H,1H3,(H2,15,18). The van der Waals surface area contributed by atoms with Crippen LogP contribution in [0.4, 0.5) is 11.4 Å². The van der Waals surface area contributed by atoms with E-state index in [2.05, 4.69) is 26.2 Å². The second-order valence-electron chi connectivity index (χ2n) is 3.87. The summed E-state index contributed by atoms with van der Waals surface area (Å²) in [6.45, 7) is 2.03. The Morgan fingerprint density at radius 3 is 2.78 bits per heavy atom. The molecule has 3 N–H and O–H groups in total. The fourth-order valence-electron chi connectivity index (χ4n) is 1.54. The first-order valence-electron chi connectivity index (χ1n) is 5.35. The maximum atomic E-state index is 5.61. The molecule has 0 atom stereocenters. The Bertz CT molecular complexity index is 599. The summed E-state index contributed by atoms with van der Waals surface area (Å²) < 4.78 is 0.876. The largest absolute Gasteiger partial charge is 0.389 e. The molecule has 2 rings (SSSR count). The number of rotatable bonds is 3. The van der Waals surface area contributed by atoms with Crippen molar-refractivity contribution < 1.29 is 0 Å². The summed E-state index contributed by atoms with van der Waals surface area (Å²) in [5, 5.41) is 3.30. The third-order valence-electron chi connectivity index (χ3n) is 2.55. The van der Waals surface area contributed by atoms with E-state index in [0.717, 1.165) is 27.0 Å². The highest BCUT2D eigenvalue weighted by atomic mass is 79.9. The molecular formula is C13H12BrN3S. The van der Waals surface area contributed by atoms with Gasteiger partial charge in [0.05, 0.1) is 11.9 Å². The monoisotopic (exact) mass is 321 g/mol. The SMILES string of the molecule is Cc1ccncc1Nc1ccc(C(N)=S)c(Br)c1. The van der Waals surface area contributed by atoms with E-state index >= 15 is 0 Å². The van der Waals surface area contributed by atoms with Crippen LogP contribution in [0.2, 0.25) is 0 Å². The van der Waals surface area contributed by atoms with Crippen molar-refractivity contribution >= 4 is 44.5 Å². The number of aromatic nitrogens is 1. The van der Waals surface area contributed by atoms with Gasteiger partial charge in [0.2, 0.25) is 0 Å². The van der Waals surface area contributed by atoms with E-state index in [1.165, 1.54) is 0 Å². The first-order chi connectivity index (χ1) is 8.58. The molecule has 0 aliphatic heterocycles. The van der Waals surface area contributed by atoms with Crippen LogP contribution >= 0.6 is 28.1 Å². The van der Waals surface area contributed by atoms with Crippen LogP contribution in [0.25, 0.3) is 0 Å². The van der Waals surface area contributed by atoms with E-state index in [1.807, 2.05) is 31.2 Å². The van der Waals surface area contributed by atoms with Crippen molar-refractivity contribution in [1.29, 1.82) is 0 Å². The number of nitrogens with one attached hydrogen (secondary N) is 1. The van der Waals surface area contributed by atoms with Gasteiger partial charge in [0, 0.05) is 21.9 Å². The second kappa shape index (κ2) is 5.46. The van der Waals surface area contributed by atoms with Crippen molar-refractivity contribution in [3.63, 3.8) is 0 Å². The molecule has 0 amide bonds. The van der Waals surface area contributed by atoms with Crippen molar-refractivity contribution in [3.8, 4) is 0 Å². The predicted octanol–water partition coefficient (Wildman–Crippen LogP) is 3.53. The first kappa shape index (κ1) is 13.0. The van der Waals surface area contributed by atoms with E-state index in [9.17, 15) is 0 Å². The van der Waals surface area contributed by atoms with Crippen molar-refractivity contribution in [2.24, 2.45) is 5.73 Å². The number of nitrogens with zero attached hydrogens (tertiary/aromatic N) is 1. The molecule has 0 aliphatic carbocycles. The molecule has 0 aliphatic rings. The molecule has 0 saturated heterocycles. The van der Waals surface area contributed by atoms with E-state index in [1.54, 1.807) is 12.4 Å². The number of benzene rings is 1. The fraction of sp³-hybridized carbons (Fsp3) is 0.0769. The summed E-state index contributed by atoms with van der Waals surface area (Å²) in [6.07, 6.45) is 3.57. The smallest absolute Gasteiger partial charge is 0.105 e. The summed E-state index contributed by atoms with van der Waals surface area (Å²) in [5.41, 5.74) is 9.52. The molecule has 2 aromatic rings. The summed E-state index contributed by atoms with van der Waals surface area (Å²) in [5.74, 6) is 0. The minimum Gasteiger partial charge on any atom is -0.389 e. The maximum absolute atomic E-state index is 5.61. The molecule has 0 bridgehead atoms. The summed E-state index contributed by atoms with van der Waals surface area (Å²) >= 11 is 8.42. The number of nitrogens with two attached hydrogens (primary N) is 1. The Morgan fingerprint density at radius 1 is 1.39 bits per heavy atom. The van der Waals surface area contributed by atoms with Crippen molar-refractivity contribution in [1.82, 2.24) is 4.98 Å². The Hall–Kier alpha value is -1.46. The predicted molar refractivity (Wildman–Crippen MR) is 82.3 cm³/mol. The molecule has 1 aromatic carbocycles. The van der Waals surface area contributed by atoms with Crippen molar-refractivity contribution in [2.45, 2.75) is 6.92 Å². The fourth-order valence-corrected chi connectivity index (χ4v) is 2.44. The van der Waals surface area contributed by atoms with Gasteiger partial charge in [-0.25, -0.2) is 0 Å². The zero-order valence-corrected chi connectivity index (χ0v) is 12.2. The van der Waals surface area contributed by atoms with Gasteiger partial charge in [-0.05, 0) is 52.7 Å². The van der Waals surface area contributed by atoms with Crippen LogP contribution in [0.15, 0.2) is 41.1 Å². The Balaban J connectivity index is 2.29. The molecule has 5 heteroatoms. The van der Waals surface area contributed by atoms with Crippen molar-refractivity contribution in [3.05, 3.63) is 52.3 Å². The topological polar surface area (TPSA) is 50.9 Å². The summed E-state index contributed by atoms with van der Waals surface area (Å²) in [7, 11) is 0. The summed E-state index contributed by atoms with van der Waals surface area (Å²) in [4.78, 5) is 4.48. The Kier molecular flexibility index (Phi) is 3.93. The molecular weight excluding hydrogens is 310 g/mol. The lowest BCUT2D eigenvalue weighted by atomic mass is 10.2. The average molecular weight is 322 g/mol. The minimum atomic E-state index is 0.381.